The molecule has 51 heavy (non-hydrogen) atoms. The summed E-state index contributed by atoms with van der Waals surface area (Å²) in [5, 5.41) is 12.5. The molecule has 2 N–H and O–H groups in total. The van der Waals surface area contributed by atoms with Crippen LogP contribution in [0.2, 0.25) is 0 Å². The van der Waals surface area contributed by atoms with Crippen LogP contribution >= 0.6 is 0 Å². The maximum atomic E-state index is 13.3. The molecule has 1 aliphatic heterocycles. The minimum absolute atomic E-state index is 0.0653. The number of amides is 1. The number of nitrogens with one attached hydrogen (secondary N) is 1. The Labute approximate surface area is 294 Å². The number of methoxy groups -OCH3 is 2. The van der Waals surface area contributed by atoms with E-state index in [1.807, 2.05) is 78.9 Å². The van der Waals surface area contributed by atoms with E-state index in [0.29, 0.717) is 22.6 Å². The lowest BCUT2D eigenvalue weighted by Crippen LogP contribution is -2.42. The average Bonchev–Trinajstić information content (AvgIpc) is 3.47. The number of carboxylic acid groups (broad SMARTS) is 1. The lowest BCUT2D eigenvalue weighted by atomic mass is 9.79. The van der Waals surface area contributed by atoms with E-state index in [4.69, 9.17) is 18.9 Å². The van der Waals surface area contributed by atoms with Crippen molar-refractivity contribution in [1.82, 2.24) is 9.55 Å². The molecule has 0 fully saturated rings. The Morgan fingerprint density at radius 2 is 1.39 bits per heavy atom. The van der Waals surface area contributed by atoms with Gasteiger partial charge in [-0.05, 0) is 77.7 Å². The fourth-order valence-corrected chi connectivity index (χ4v) is 6.17. The van der Waals surface area contributed by atoms with Crippen LogP contribution in [0.3, 0.4) is 0 Å². The first-order valence-corrected chi connectivity index (χ1v) is 16.2. The number of carbonyl (C=O) groups is 2. The lowest BCUT2D eigenvalue weighted by molar-refractivity contribution is -0.139. The minimum Gasteiger partial charge on any atom is -0.497 e. The number of carbonyl (C=O) groups excluding carboxylic acids is 1. The van der Waals surface area contributed by atoms with Crippen LogP contribution in [0.4, 0.5) is 5.82 Å². The third-order valence-corrected chi connectivity index (χ3v) is 8.86. The monoisotopic (exact) mass is 687 g/mol. The molecule has 2 heterocycles. The maximum absolute atomic E-state index is 13.3. The second-order valence-corrected chi connectivity index (χ2v) is 12.1. The fraction of sp³-hybridized carbons (Fsp3) is 0.200. The van der Waals surface area contributed by atoms with Crippen LogP contribution in [-0.2, 0) is 19.9 Å². The molecule has 1 unspecified atom stereocenters. The number of hydrogen-bond acceptors (Lipinski definition) is 8. The van der Waals surface area contributed by atoms with E-state index in [1.54, 1.807) is 57.6 Å². The van der Waals surface area contributed by atoms with Crippen LogP contribution in [0.5, 0.6) is 11.5 Å². The number of ether oxygens (including phenoxy) is 4. The number of hydrogen-bond donors (Lipinski definition) is 2. The predicted octanol–water partition coefficient (Wildman–Crippen LogP) is 6.21. The molecule has 5 aromatic rings. The Morgan fingerprint density at radius 3 is 1.92 bits per heavy atom. The zero-order valence-corrected chi connectivity index (χ0v) is 28.3. The van der Waals surface area contributed by atoms with Gasteiger partial charge in [-0.1, -0.05) is 72.8 Å². The van der Waals surface area contributed by atoms with Crippen molar-refractivity contribution in [2.24, 2.45) is 0 Å². The first kappa shape index (κ1) is 34.8. The second-order valence-electron chi connectivity index (χ2n) is 12.1. The van der Waals surface area contributed by atoms with Crippen molar-refractivity contribution < 1.29 is 33.6 Å². The van der Waals surface area contributed by atoms with Gasteiger partial charge in [0.1, 0.15) is 28.5 Å². The van der Waals surface area contributed by atoms with E-state index in [0.717, 1.165) is 16.7 Å². The largest absolute Gasteiger partial charge is 0.497 e. The highest BCUT2D eigenvalue weighted by Crippen LogP contribution is 2.45. The average molecular weight is 688 g/mol. The molecule has 0 radical (unpaired) electrons. The molecule has 1 aromatic heterocycles. The highest BCUT2D eigenvalue weighted by Gasteiger charge is 2.45. The molecular formula is C40H37N3O8. The molecule has 0 spiro atoms. The summed E-state index contributed by atoms with van der Waals surface area (Å²) < 4.78 is 25.7. The Morgan fingerprint density at radius 1 is 0.843 bits per heavy atom. The maximum Gasteiger partial charge on any atom is 0.351 e. The summed E-state index contributed by atoms with van der Waals surface area (Å²) in [7, 11) is 3.19. The molecular weight excluding hydrogens is 650 g/mol. The Kier molecular flexibility index (Phi) is 10.1. The van der Waals surface area contributed by atoms with Crippen molar-refractivity contribution in [3.8, 4) is 11.5 Å². The van der Waals surface area contributed by atoms with Crippen LogP contribution in [0.1, 0.15) is 46.6 Å². The number of nitrogens with zero attached hydrogens (tertiary/aromatic N) is 2. The SMILES string of the molecule is COc1ccc(C(OC[C@]2(C)OC(n3ccc(NC(=O)c4ccccc4)nc3=O)C=C2CC(=O)O)(c2ccccc2)c2ccc(OC)cc2)cc1. The van der Waals surface area contributed by atoms with E-state index in [2.05, 4.69) is 10.3 Å². The smallest absolute Gasteiger partial charge is 0.351 e. The summed E-state index contributed by atoms with van der Waals surface area (Å²) in [6.45, 7) is 1.63. The summed E-state index contributed by atoms with van der Waals surface area (Å²) in [6.07, 6.45) is 1.70. The number of rotatable bonds is 13. The van der Waals surface area contributed by atoms with Crippen molar-refractivity contribution in [1.29, 1.82) is 0 Å². The first-order valence-electron chi connectivity index (χ1n) is 16.2. The Bertz CT molecular complexity index is 2030. The van der Waals surface area contributed by atoms with Gasteiger partial charge in [0.2, 0.25) is 0 Å². The van der Waals surface area contributed by atoms with E-state index < -0.39 is 35.0 Å². The molecule has 2 atom stereocenters. The van der Waals surface area contributed by atoms with Crippen LogP contribution in [-0.4, -0.2) is 53.0 Å². The highest BCUT2D eigenvalue weighted by molar-refractivity contribution is 6.03. The van der Waals surface area contributed by atoms with Crippen molar-refractivity contribution in [2.75, 3.05) is 26.1 Å². The summed E-state index contributed by atoms with van der Waals surface area (Å²) in [5.74, 6) is -0.0841. The zero-order valence-electron chi connectivity index (χ0n) is 28.3. The van der Waals surface area contributed by atoms with E-state index in [9.17, 15) is 19.5 Å². The third-order valence-electron chi connectivity index (χ3n) is 8.86. The quantitative estimate of drug-likeness (QED) is 0.109. The molecule has 260 valence electrons. The molecule has 6 rings (SSSR count). The summed E-state index contributed by atoms with van der Waals surface area (Å²) in [4.78, 5) is 42.1. The Hall–Kier alpha value is -6.04. The normalized spacial score (nSPS) is 17.0. The number of anilines is 1. The molecule has 1 amide bonds. The number of aliphatic carboxylic acids is 1. The van der Waals surface area contributed by atoms with Crippen LogP contribution in [0.25, 0.3) is 0 Å². The van der Waals surface area contributed by atoms with Gasteiger partial charge in [-0.15, -0.1) is 0 Å². The molecule has 0 bridgehead atoms. The van der Waals surface area contributed by atoms with Crippen molar-refractivity contribution in [3.63, 3.8) is 0 Å². The van der Waals surface area contributed by atoms with Gasteiger partial charge >= 0.3 is 11.7 Å². The van der Waals surface area contributed by atoms with Crippen molar-refractivity contribution >= 4 is 17.7 Å². The third kappa shape index (κ3) is 7.30. The molecule has 0 saturated heterocycles. The van der Waals surface area contributed by atoms with Crippen molar-refractivity contribution in [3.05, 3.63) is 166 Å². The second kappa shape index (κ2) is 14.8. The number of carboxylic acids is 1. The summed E-state index contributed by atoms with van der Waals surface area (Å²) in [6, 6.07) is 34.8. The zero-order chi connectivity index (χ0) is 36.0. The van der Waals surface area contributed by atoms with Gasteiger partial charge in [-0.3, -0.25) is 14.2 Å². The molecule has 1 aliphatic rings. The van der Waals surface area contributed by atoms with E-state index in [-0.39, 0.29) is 18.8 Å². The van der Waals surface area contributed by atoms with Gasteiger partial charge < -0.3 is 29.4 Å². The topological polar surface area (TPSA) is 138 Å². The number of benzene rings is 4. The Balaban J connectivity index is 1.36. The van der Waals surface area contributed by atoms with Gasteiger partial charge in [0.25, 0.3) is 5.91 Å². The van der Waals surface area contributed by atoms with E-state index in [1.165, 1.54) is 16.8 Å². The van der Waals surface area contributed by atoms with E-state index >= 15 is 0 Å². The predicted molar refractivity (Wildman–Crippen MR) is 190 cm³/mol. The molecule has 4 aromatic carbocycles. The number of aromatic nitrogens is 2. The first-order chi connectivity index (χ1) is 24.6. The van der Waals surface area contributed by atoms with Crippen molar-refractivity contribution in [2.45, 2.75) is 30.8 Å². The highest BCUT2D eigenvalue weighted by atomic mass is 16.6. The molecule has 11 nitrogen and oxygen atoms in total. The van der Waals surface area contributed by atoms with Gasteiger partial charge in [0.15, 0.2) is 6.23 Å². The summed E-state index contributed by atoms with van der Waals surface area (Å²) in [5.41, 5.74) is 0.0328. The molecule has 11 heteroatoms. The van der Waals surface area contributed by atoms with Gasteiger partial charge in [-0.25, -0.2) is 4.79 Å². The fourth-order valence-electron chi connectivity index (χ4n) is 6.17. The minimum atomic E-state index is -1.29. The van der Waals surface area contributed by atoms with Crippen LogP contribution in [0.15, 0.2) is 138 Å². The standard InChI is InChI=1S/C40H37N3O8/c1-39(31(25-36(44)45)24-35(51-39)43-23-22-34(42-38(43)47)41-37(46)27-10-6-4-7-11-27)26-50-40(28-12-8-5-9-13-28,29-14-18-32(48-2)19-15-29)30-16-20-33(49-3)21-17-30/h4-24,35H,25-26H2,1-3H3,(H,44,45)(H,41,42,46,47)/t35?,39-/m0/s1. The summed E-state index contributed by atoms with van der Waals surface area (Å²) >= 11 is 0. The van der Waals surface area contributed by atoms with Gasteiger partial charge in [0.05, 0.1) is 27.2 Å². The van der Waals surface area contributed by atoms with Gasteiger partial charge in [0, 0.05) is 11.8 Å². The molecule has 0 saturated carbocycles. The molecule has 0 aliphatic carbocycles. The van der Waals surface area contributed by atoms with Crippen LogP contribution < -0.4 is 20.5 Å². The van der Waals surface area contributed by atoms with Crippen LogP contribution in [0, 0.1) is 0 Å². The lowest BCUT2D eigenvalue weighted by Gasteiger charge is -2.39. The van der Waals surface area contributed by atoms with Gasteiger partial charge in [-0.2, -0.15) is 4.98 Å².